The normalized spacial score (nSPS) is 21.6. The molecule has 0 bridgehead atoms. The number of aromatic amines is 1. The van der Waals surface area contributed by atoms with Crippen molar-refractivity contribution in [2.75, 3.05) is 55.2 Å². The van der Waals surface area contributed by atoms with E-state index in [1.807, 2.05) is 17.9 Å². The van der Waals surface area contributed by atoms with Crippen LogP contribution < -0.4 is 15.4 Å². The third kappa shape index (κ3) is 8.88. The number of nitrogens with one attached hydrogen (secondary N) is 3. The summed E-state index contributed by atoms with van der Waals surface area (Å²) < 4.78 is 32.8. The lowest BCUT2D eigenvalue weighted by Gasteiger charge is -2.31. The van der Waals surface area contributed by atoms with Crippen LogP contribution in [0.3, 0.4) is 0 Å². The summed E-state index contributed by atoms with van der Waals surface area (Å²) in [5.74, 6) is 1.26. The highest BCUT2D eigenvalue weighted by Crippen LogP contribution is 2.45. The number of imidazole rings is 1. The van der Waals surface area contributed by atoms with E-state index in [0.29, 0.717) is 57.8 Å². The van der Waals surface area contributed by atoms with Crippen molar-refractivity contribution < 1.29 is 47.6 Å². The van der Waals surface area contributed by atoms with Crippen LogP contribution in [-0.4, -0.2) is 135 Å². The van der Waals surface area contributed by atoms with E-state index in [4.69, 9.17) is 38.4 Å². The van der Waals surface area contributed by atoms with Gasteiger partial charge in [-0.05, 0) is 89.4 Å². The average molecular weight is 894 g/mol. The summed E-state index contributed by atoms with van der Waals surface area (Å²) in [6.07, 6.45) is 1.75. The number of aliphatic imine (C=N–C) groups is 1. The summed E-state index contributed by atoms with van der Waals surface area (Å²) in [6, 6.07) is 12.2. The fraction of sp³-hybridized carbons (Fsp3) is 0.500. The largest absolute Gasteiger partial charge is 0.488 e. The van der Waals surface area contributed by atoms with Gasteiger partial charge < -0.3 is 53.8 Å². The number of H-pyrrole nitrogens is 1. The molecule has 3 N–H and O–H groups in total. The number of amides is 4. The molecule has 0 saturated carbocycles. The minimum atomic E-state index is -0.946. The highest BCUT2D eigenvalue weighted by molar-refractivity contribution is 6.06. The van der Waals surface area contributed by atoms with Gasteiger partial charge in [0, 0.05) is 58.0 Å². The zero-order valence-corrected chi connectivity index (χ0v) is 38.3. The Morgan fingerprint density at radius 2 is 1.62 bits per heavy atom. The molecular weight excluding hydrogens is 835 g/mol. The standard InChI is InChI=1S/C48H59N7O10/c1-9-40(62-6)43(53-48(59)64-8)46(57)54-21-25(2)14-39(54)44-49-20-37(51-44)29-10-12-31-30(16-29)24-65-41-19-32-28(17-34(31)41)11-13-35-33(32)18-36(50-35)38-15-27(23-60-4)22-55(38)45(56)42(26(3)61-5)52-47(58)63-7/h10-13,16-17,19-20,25-27,38-40,42-43H,9,14-15,18,21-24H2,1-8H3,(H,49,51)(H,52,58)(H,53,59)/t25-,26+,27-,38-,39-,40+,42-,43-/m0/s1. The fourth-order valence-electron chi connectivity index (χ4n) is 10.0. The number of carbonyl (C=O) groups is 4. The number of rotatable bonds is 14. The quantitative estimate of drug-likeness (QED) is 0.132. The van der Waals surface area contributed by atoms with Crippen molar-refractivity contribution in [3.05, 3.63) is 65.6 Å². The van der Waals surface area contributed by atoms with Gasteiger partial charge in [-0.3, -0.25) is 14.6 Å². The van der Waals surface area contributed by atoms with Gasteiger partial charge in [0.2, 0.25) is 11.8 Å². The Balaban J connectivity index is 1.02. The van der Waals surface area contributed by atoms with Crippen molar-refractivity contribution in [3.63, 3.8) is 0 Å². The summed E-state index contributed by atoms with van der Waals surface area (Å²) in [5.41, 5.74) is 7.68. The fourth-order valence-corrected chi connectivity index (χ4v) is 10.0. The highest BCUT2D eigenvalue weighted by Gasteiger charge is 2.44. The topological polar surface area (TPSA) is 195 Å². The van der Waals surface area contributed by atoms with Gasteiger partial charge in [0.15, 0.2) is 0 Å². The number of benzene rings is 3. The first kappa shape index (κ1) is 45.5. The maximum absolute atomic E-state index is 14.2. The van der Waals surface area contributed by atoms with E-state index >= 15 is 0 Å². The number of ether oxygens (including phenoxy) is 6. The van der Waals surface area contributed by atoms with E-state index in [1.165, 1.54) is 28.4 Å². The number of carbonyl (C=O) groups excluding carboxylic acids is 4. The van der Waals surface area contributed by atoms with Crippen molar-refractivity contribution in [1.29, 1.82) is 0 Å². The molecular formula is C48H59N7O10. The molecule has 5 heterocycles. The predicted octanol–water partition coefficient (Wildman–Crippen LogP) is 6.10. The third-order valence-electron chi connectivity index (χ3n) is 13.4. The van der Waals surface area contributed by atoms with Crippen LogP contribution in [0.15, 0.2) is 53.7 Å². The Morgan fingerprint density at radius 3 is 2.32 bits per heavy atom. The lowest BCUT2D eigenvalue weighted by molar-refractivity contribution is -0.138. The smallest absolute Gasteiger partial charge is 0.407 e. The summed E-state index contributed by atoms with van der Waals surface area (Å²) in [6.45, 7) is 7.58. The van der Waals surface area contributed by atoms with Crippen LogP contribution in [0, 0.1) is 11.8 Å². The molecule has 0 aliphatic carbocycles. The van der Waals surface area contributed by atoms with Crippen molar-refractivity contribution in [1.82, 2.24) is 30.4 Å². The second kappa shape index (κ2) is 19.2. The van der Waals surface area contributed by atoms with E-state index in [-0.39, 0.29) is 35.7 Å². The maximum atomic E-state index is 14.2. The Hall–Kier alpha value is -6.04. The number of methoxy groups -OCH3 is 5. The summed E-state index contributed by atoms with van der Waals surface area (Å²) in [7, 11) is 7.23. The van der Waals surface area contributed by atoms with Gasteiger partial charge in [-0.15, -0.1) is 0 Å². The van der Waals surface area contributed by atoms with Gasteiger partial charge in [0.25, 0.3) is 0 Å². The Bertz CT molecular complexity index is 2480. The number of nitrogens with zero attached hydrogens (tertiary/aromatic N) is 4. The molecule has 65 heavy (non-hydrogen) atoms. The van der Waals surface area contributed by atoms with Crippen molar-refractivity contribution in [3.8, 4) is 28.1 Å². The van der Waals surface area contributed by atoms with Crippen LogP contribution >= 0.6 is 0 Å². The minimum Gasteiger partial charge on any atom is -0.488 e. The van der Waals surface area contributed by atoms with Crippen LogP contribution in [0.1, 0.15) is 63.0 Å². The van der Waals surface area contributed by atoms with E-state index in [2.05, 4.69) is 58.9 Å². The molecule has 4 amide bonds. The summed E-state index contributed by atoms with van der Waals surface area (Å²) in [4.78, 5) is 69.8. The number of fused-ring (bicyclic) bond motifs is 6. The monoisotopic (exact) mass is 893 g/mol. The summed E-state index contributed by atoms with van der Waals surface area (Å²) >= 11 is 0. The van der Waals surface area contributed by atoms with Gasteiger partial charge in [0.1, 0.15) is 30.3 Å². The number of alkyl carbamates (subject to hydrolysis) is 2. The molecule has 17 heteroatoms. The Labute approximate surface area is 378 Å². The number of hydrogen-bond donors (Lipinski definition) is 3. The van der Waals surface area contributed by atoms with Gasteiger partial charge in [-0.25, -0.2) is 14.6 Å². The van der Waals surface area contributed by atoms with Gasteiger partial charge in [0.05, 0.1) is 62.7 Å². The number of hydrogen-bond acceptors (Lipinski definition) is 12. The Morgan fingerprint density at radius 1 is 0.877 bits per heavy atom. The molecule has 2 fully saturated rings. The molecule has 0 radical (unpaired) electrons. The highest BCUT2D eigenvalue weighted by atomic mass is 16.5. The van der Waals surface area contributed by atoms with E-state index in [9.17, 15) is 19.2 Å². The molecule has 17 nitrogen and oxygen atoms in total. The van der Waals surface area contributed by atoms with Crippen LogP contribution in [0.4, 0.5) is 15.3 Å². The van der Waals surface area contributed by atoms with Gasteiger partial charge in [-0.2, -0.15) is 0 Å². The molecule has 3 aromatic carbocycles. The summed E-state index contributed by atoms with van der Waals surface area (Å²) in [5, 5.41) is 7.47. The molecule has 0 unspecified atom stereocenters. The van der Waals surface area contributed by atoms with Crippen molar-refractivity contribution in [2.45, 2.75) is 89.4 Å². The number of likely N-dealkylation sites (tertiary alicyclic amines) is 2. The van der Waals surface area contributed by atoms with Crippen LogP contribution in [0.5, 0.6) is 5.75 Å². The molecule has 4 aromatic rings. The third-order valence-corrected chi connectivity index (χ3v) is 13.4. The van der Waals surface area contributed by atoms with E-state index in [1.54, 1.807) is 25.1 Å². The van der Waals surface area contributed by atoms with Crippen molar-refractivity contribution in [2.24, 2.45) is 16.8 Å². The molecule has 8 atom stereocenters. The molecule has 0 spiro atoms. The molecule has 8 rings (SSSR count). The van der Waals surface area contributed by atoms with Crippen LogP contribution in [-0.2, 0) is 46.3 Å². The zero-order chi connectivity index (χ0) is 46.1. The van der Waals surface area contributed by atoms with Gasteiger partial charge in [-0.1, -0.05) is 32.0 Å². The lowest BCUT2D eigenvalue weighted by Crippen LogP contribution is -2.56. The van der Waals surface area contributed by atoms with E-state index in [0.717, 1.165) is 61.4 Å². The first-order chi connectivity index (χ1) is 31.4. The Kier molecular flexibility index (Phi) is 13.4. The second-order valence-electron chi connectivity index (χ2n) is 17.5. The van der Waals surface area contributed by atoms with Gasteiger partial charge >= 0.3 is 12.2 Å². The predicted molar refractivity (Wildman–Crippen MR) is 242 cm³/mol. The first-order valence-electron chi connectivity index (χ1n) is 22.2. The molecule has 346 valence electrons. The molecule has 4 aliphatic rings. The van der Waals surface area contributed by atoms with Crippen molar-refractivity contribution >= 4 is 46.2 Å². The number of aromatic nitrogens is 2. The maximum Gasteiger partial charge on any atom is 0.407 e. The average Bonchev–Trinajstić information content (AvgIpc) is 4.15. The van der Waals surface area contributed by atoms with Crippen LogP contribution in [0.2, 0.25) is 0 Å². The second-order valence-corrected chi connectivity index (χ2v) is 17.5. The SMILES string of the molecule is CC[C@@H](OC)[C@H](NC(=O)OC)C(=O)N1C[C@@H](C)C[C@H]1c1ncc(-c2ccc3c(c2)COc2cc4c5c(ccc4cc2-3)N=C([C@@H]2C[C@H](COC)CN2C(=O)[C@@H](NC(=O)OC)[C@@H](C)OC)C5)[nH]1. The molecule has 2 saturated heterocycles. The van der Waals surface area contributed by atoms with Crippen LogP contribution in [0.25, 0.3) is 33.2 Å². The zero-order valence-electron chi connectivity index (χ0n) is 38.3. The van der Waals surface area contributed by atoms with E-state index < -0.39 is 36.5 Å². The first-order valence-corrected chi connectivity index (χ1v) is 22.2. The minimum absolute atomic E-state index is 0.0912. The molecule has 1 aromatic heterocycles. The molecule has 4 aliphatic heterocycles. The lowest BCUT2D eigenvalue weighted by atomic mass is 9.90.